The predicted molar refractivity (Wildman–Crippen MR) is 35.3 cm³/mol. The molecule has 0 aliphatic rings. The van der Waals surface area contributed by atoms with Crippen molar-refractivity contribution >= 4 is 15.9 Å². The number of pyridine rings is 1. The maximum atomic E-state index is 3.34. The normalized spacial score (nSPS) is 8.22. The third-order valence-electron chi connectivity index (χ3n) is 0.904. The van der Waals surface area contributed by atoms with Crippen molar-refractivity contribution in [3.63, 3.8) is 0 Å². The number of halogens is 2. The summed E-state index contributed by atoms with van der Waals surface area (Å²) < 4.78 is 3.10. The molecule has 0 amide bonds. The molecule has 9 heavy (non-hydrogen) atoms. The molecule has 3 heteroatoms. The first-order chi connectivity index (χ1) is 3.79. The van der Waals surface area contributed by atoms with Gasteiger partial charge < -0.3 is 24.0 Å². The van der Waals surface area contributed by atoms with Crippen molar-refractivity contribution in [3.8, 4) is 0 Å². The number of aryl methyl sites for hydroxylation is 1. The zero-order valence-electron chi connectivity index (χ0n) is 5.01. The van der Waals surface area contributed by atoms with Crippen LogP contribution in [0.25, 0.3) is 0 Å². The Bertz CT molecular complexity index is 173. The summed E-state index contributed by atoms with van der Waals surface area (Å²) in [4.78, 5) is 0. The van der Waals surface area contributed by atoms with Crippen molar-refractivity contribution in [2.45, 2.75) is 0 Å². The molecule has 0 saturated heterocycles. The summed E-state index contributed by atoms with van der Waals surface area (Å²) in [5, 5.41) is 0. The van der Waals surface area contributed by atoms with E-state index in [4.69, 9.17) is 0 Å². The molecule has 50 valence electrons. The van der Waals surface area contributed by atoms with Gasteiger partial charge in [-0.1, -0.05) is 0 Å². The number of hydrogen-bond acceptors (Lipinski definition) is 0. The zero-order valence-corrected chi connectivity index (χ0v) is 8.76. The smallest absolute Gasteiger partial charge is 0.182 e. The maximum absolute atomic E-state index is 3.34. The van der Waals surface area contributed by atoms with Crippen LogP contribution in [0.15, 0.2) is 29.0 Å². The second-order valence-electron chi connectivity index (χ2n) is 1.69. The van der Waals surface area contributed by atoms with E-state index in [0.717, 1.165) is 4.47 Å². The number of hydrogen-bond donors (Lipinski definition) is 0. The topological polar surface area (TPSA) is 3.88 Å². The van der Waals surface area contributed by atoms with Gasteiger partial charge in [0.15, 0.2) is 12.4 Å². The Kier molecular flexibility index (Phi) is 4.39. The first-order valence-electron chi connectivity index (χ1n) is 2.40. The van der Waals surface area contributed by atoms with Crippen molar-refractivity contribution in [1.82, 2.24) is 0 Å². The molecular formula is C6H7BrIN. The highest BCUT2D eigenvalue weighted by Gasteiger charge is 1.89. The summed E-state index contributed by atoms with van der Waals surface area (Å²) in [6.07, 6.45) is 3.99. The summed E-state index contributed by atoms with van der Waals surface area (Å²) >= 11 is 3.34. The van der Waals surface area contributed by atoms with E-state index in [0.29, 0.717) is 0 Å². The van der Waals surface area contributed by atoms with E-state index in [2.05, 4.69) is 15.9 Å². The molecule has 0 N–H and O–H groups in total. The molecular weight excluding hydrogens is 293 g/mol. The lowest BCUT2D eigenvalue weighted by molar-refractivity contribution is -0.672. The van der Waals surface area contributed by atoms with Gasteiger partial charge in [-0.15, -0.1) is 0 Å². The molecule has 0 radical (unpaired) electrons. The number of aromatic nitrogens is 1. The Labute approximate surface area is 80.2 Å². The van der Waals surface area contributed by atoms with E-state index in [9.17, 15) is 0 Å². The molecule has 1 nitrogen and oxygen atoms in total. The summed E-state index contributed by atoms with van der Waals surface area (Å²) in [6.45, 7) is 0. The average molecular weight is 300 g/mol. The fourth-order valence-electron chi connectivity index (χ4n) is 0.551. The Morgan fingerprint density at radius 1 is 1.56 bits per heavy atom. The van der Waals surface area contributed by atoms with Crippen LogP contribution in [0.5, 0.6) is 0 Å². The predicted octanol–water partition coefficient (Wildman–Crippen LogP) is -1.72. The first-order valence-corrected chi connectivity index (χ1v) is 3.19. The van der Waals surface area contributed by atoms with E-state index >= 15 is 0 Å². The van der Waals surface area contributed by atoms with E-state index in [1.807, 2.05) is 36.1 Å². The molecule has 0 aromatic carbocycles. The average Bonchev–Trinajstić information content (AvgIpc) is 1.64. The zero-order chi connectivity index (χ0) is 5.98. The Morgan fingerprint density at radius 3 is 2.56 bits per heavy atom. The van der Waals surface area contributed by atoms with Crippen LogP contribution in [-0.2, 0) is 7.05 Å². The summed E-state index contributed by atoms with van der Waals surface area (Å²) in [5.74, 6) is 0. The molecule has 0 atom stereocenters. The molecule has 0 spiro atoms. The van der Waals surface area contributed by atoms with Gasteiger partial charge in [0, 0.05) is 6.07 Å². The number of nitrogens with zero attached hydrogens (tertiary/aromatic N) is 1. The van der Waals surface area contributed by atoms with Crippen LogP contribution >= 0.6 is 15.9 Å². The maximum Gasteiger partial charge on any atom is 0.182 e. The van der Waals surface area contributed by atoms with Gasteiger partial charge in [-0.25, -0.2) is 4.57 Å². The molecule has 0 unspecified atom stereocenters. The molecule has 0 fully saturated rings. The van der Waals surface area contributed by atoms with Gasteiger partial charge in [0.05, 0.1) is 4.47 Å². The van der Waals surface area contributed by atoms with Crippen molar-refractivity contribution in [3.05, 3.63) is 29.0 Å². The van der Waals surface area contributed by atoms with Crippen molar-refractivity contribution in [1.29, 1.82) is 0 Å². The van der Waals surface area contributed by atoms with Crippen LogP contribution in [0.4, 0.5) is 0 Å². The minimum Gasteiger partial charge on any atom is -1.00 e. The molecule has 0 bridgehead atoms. The summed E-state index contributed by atoms with van der Waals surface area (Å²) in [6, 6.07) is 3.99. The first kappa shape index (κ1) is 9.36. The molecule has 0 aliphatic carbocycles. The van der Waals surface area contributed by atoms with E-state index in [1.165, 1.54) is 0 Å². The minimum absolute atomic E-state index is 0. The Morgan fingerprint density at radius 2 is 2.22 bits per heavy atom. The molecule has 1 heterocycles. The van der Waals surface area contributed by atoms with Gasteiger partial charge in [-0.2, -0.15) is 0 Å². The van der Waals surface area contributed by atoms with Crippen molar-refractivity contribution in [2.75, 3.05) is 0 Å². The fraction of sp³-hybridized carbons (Fsp3) is 0.167. The van der Waals surface area contributed by atoms with E-state index in [-0.39, 0.29) is 24.0 Å². The molecule has 1 aromatic heterocycles. The highest BCUT2D eigenvalue weighted by Crippen LogP contribution is 2.01. The van der Waals surface area contributed by atoms with Crippen molar-refractivity contribution < 1.29 is 28.5 Å². The van der Waals surface area contributed by atoms with Crippen LogP contribution in [0.3, 0.4) is 0 Å². The van der Waals surface area contributed by atoms with Crippen molar-refractivity contribution in [2.24, 2.45) is 7.05 Å². The SMILES string of the molecule is C[n+]1cccc(Br)c1.[I-]. The largest absolute Gasteiger partial charge is 1.00 e. The van der Waals surface area contributed by atoms with Gasteiger partial charge in [-0.3, -0.25) is 0 Å². The lowest BCUT2D eigenvalue weighted by atomic mass is 10.5. The molecule has 1 rings (SSSR count). The summed E-state index contributed by atoms with van der Waals surface area (Å²) in [5.41, 5.74) is 0. The van der Waals surface area contributed by atoms with E-state index in [1.54, 1.807) is 0 Å². The lowest BCUT2D eigenvalue weighted by Crippen LogP contribution is -3.00. The third kappa shape index (κ3) is 3.15. The molecule has 0 saturated carbocycles. The van der Waals surface area contributed by atoms with Gasteiger partial charge in [0.1, 0.15) is 7.05 Å². The molecule has 1 aromatic rings. The Hall–Kier alpha value is 0.360. The van der Waals surface area contributed by atoms with Gasteiger partial charge in [-0.05, 0) is 22.0 Å². The monoisotopic (exact) mass is 299 g/mol. The second-order valence-corrected chi connectivity index (χ2v) is 2.60. The Balaban J connectivity index is 0.000000640. The van der Waals surface area contributed by atoms with Gasteiger partial charge in [0.2, 0.25) is 0 Å². The van der Waals surface area contributed by atoms with Crippen LogP contribution in [0.1, 0.15) is 0 Å². The minimum atomic E-state index is 0. The van der Waals surface area contributed by atoms with Crippen LogP contribution in [0, 0.1) is 0 Å². The van der Waals surface area contributed by atoms with E-state index < -0.39 is 0 Å². The highest BCUT2D eigenvalue weighted by atomic mass is 127. The van der Waals surface area contributed by atoms with Gasteiger partial charge in [0.25, 0.3) is 0 Å². The van der Waals surface area contributed by atoms with Crippen LogP contribution < -0.4 is 28.5 Å². The molecule has 0 aliphatic heterocycles. The fourth-order valence-corrected chi connectivity index (χ4v) is 1.03. The standard InChI is InChI=1S/C6H7BrN.HI/c1-8-4-2-3-6(7)5-8;/h2-5H,1H3;1H/q+1;/p-1. The second kappa shape index (κ2) is 4.22. The highest BCUT2D eigenvalue weighted by molar-refractivity contribution is 9.10. The van der Waals surface area contributed by atoms with Crippen LogP contribution in [-0.4, -0.2) is 0 Å². The lowest BCUT2D eigenvalue weighted by Gasteiger charge is -1.83. The third-order valence-corrected chi connectivity index (χ3v) is 1.37. The van der Waals surface area contributed by atoms with Crippen LogP contribution in [0.2, 0.25) is 0 Å². The number of rotatable bonds is 0. The van der Waals surface area contributed by atoms with Gasteiger partial charge >= 0.3 is 0 Å². The summed E-state index contributed by atoms with van der Waals surface area (Å²) in [7, 11) is 1.99. The quantitative estimate of drug-likeness (QED) is 0.396.